The van der Waals surface area contributed by atoms with Gasteiger partial charge < -0.3 is 20.4 Å². The minimum atomic E-state index is -1.04. The van der Waals surface area contributed by atoms with Crippen molar-refractivity contribution >= 4 is 17.7 Å². The number of amides is 2. The molecule has 6 nitrogen and oxygen atoms in total. The second-order valence-electron chi connectivity index (χ2n) is 4.68. The summed E-state index contributed by atoms with van der Waals surface area (Å²) in [6, 6.07) is 5.76. The van der Waals surface area contributed by atoms with Crippen molar-refractivity contribution in [2.75, 3.05) is 18.5 Å². The van der Waals surface area contributed by atoms with Crippen LogP contribution >= 0.6 is 0 Å². The van der Waals surface area contributed by atoms with Gasteiger partial charge in [0.25, 0.3) is 0 Å². The molecule has 0 bridgehead atoms. The summed E-state index contributed by atoms with van der Waals surface area (Å²) in [6.07, 6.45) is 0.501. The van der Waals surface area contributed by atoms with Gasteiger partial charge in [-0.15, -0.1) is 0 Å². The fraction of sp³-hybridized carbons (Fsp3) is 0.429. The molecule has 0 aromatic heterocycles. The lowest BCUT2D eigenvalue weighted by Gasteiger charge is -2.26. The Labute approximate surface area is 118 Å². The first-order valence-corrected chi connectivity index (χ1v) is 6.47. The Morgan fingerprint density at radius 2 is 2.05 bits per heavy atom. The topological polar surface area (TPSA) is 89.9 Å². The molecule has 3 N–H and O–H groups in total. The average molecular weight is 280 g/mol. The van der Waals surface area contributed by atoms with Crippen molar-refractivity contribution in [1.29, 1.82) is 0 Å². The summed E-state index contributed by atoms with van der Waals surface area (Å²) < 4.78 is 0. The monoisotopic (exact) mass is 280 g/mol. The SMILES string of the molecule is CC(C)N(CCCO)C(=O)Nc1cccc(C(=O)O)c1. The number of anilines is 1. The molecule has 1 aromatic rings. The molecule has 110 valence electrons. The van der Waals surface area contributed by atoms with E-state index in [-0.39, 0.29) is 24.2 Å². The lowest BCUT2D eigenvalue weighted by molar-refractivity contribution is 0.0697. The standard InChI is InChI=1S/C14H20N2O4/c1-10(2)16(7-4-8-17)14(20)15-12-6-3-5-11(9-12)13(18)19/h3,5-6,9-10,17H,4,7-8H2,1-2H3,(H,15,20)(H,18,19). The maximum absolute atomic E-state index is 12.1. The van der Waals surface area contributed by atoms with Crippen LogP contribution in [0.25, 0.3) is 0 Å². The zero-order valence-electron chi connectivity index (χ0n) is 11.7. The zero-order chi connectivity index (χ0) is 15.1. The van der Waals surface area contributed by atoms with E-state index < -0.39 is 5.97 Å². The molecule has 1 rings (SSSR count). The molecule has 0 saturated heterocycles. The number of nitrogens with zero attached hydrogens (tertiary/aromatic N) is 1. The third-order valence-corrected chi connectivity index (χ3v) is 2.80. The van der Waals surface area contributed by atoms with Crippen molar-refractivity contribution in [1.82, 2.24) is 4.90 Å². The van der Waals surface area contributed by atoms with E-state index >= 15 is 0 Å². The summed E-state index contributed by atoms with van der Waals surface area (Å²) in [6.45, 7) is 4.22. The average Bonchev–Trinajstić information content (AvgIpc) is 2.39. The van der Waals surface area contributed by atoms with Gasteiger partial charge in [-0.1, -0.05) is 6.07 Å². The van der Waals surface area contributed by atoms with E-state index in [9.17, 15) is 9.59 Å². The first kappa shape index (κ1) is 16.0. The van der Waals surface area contributed by atoms with Gasteiger partial charge in [0.05, 0.1) is 5.56 Å². The summed E-state index contributed by atoms with van der Waals surface area (Å²) in [5.74, 6) is -1.04. The van der Waals surface area contributed by atoms with E-state index in [0.29, 0.717) is 18.7 Å². The van der Waals surface area contributed by atoms with Crippen LogP contribution in [0.2, 0.25) is 0 Å². The Morgan fingerprint density at radius 1 is 1.35 bits per heavy atom. The van der Waals surface area contributed by atoms with Crippen molar-refractivity contribution in [3.63, 3.8) is 0 Å². The molecule has 6 heteroatoms. The summed E-state index contributed by atoms with van der Waals surface area (Å²) in [7, 11) is 0. The number of nitrogens with one attached hydrogen (secondary N) is 1. The number of carboxylic acids is 1. The number of aliphatic hydroxyl groups is 1. The number of aliphatic hydroxyl groups excluding tert-OH is 1. The lowest BCUT2D eigenvalue weighted by Crippen LogP contribution is -2.41. The van der Waals surface area contributed by atoms with Crippen molar-refractivity contribution in [2.24, 2.45) is 0 Å². The number of aromatic carboxylic acids is 1. The predicted molar refractivity (Wildman–Crippen MR) is 76.0 cm³/mol. The number of hydrogen-bond acceptors (Lipinski definition) is 3. The van der Waals surface area contributed by atoms with Crippen LogP contribution in [0, 0.1) is 0 Å². The molecular weight excluding hydrogens is 260 g/mol. The van der Waals surface area contributed by atoms with Crippen LogP contribution in [0.1, 0.15) is 30.6 Å². The smallest absolute Gasteiger partial charge is 0.335 e. The molecule has 0 aliphatic carbocycles. The van der Waals surface area contributed by atoms with Crippen LogP contribution in [0.5, 0.6) is 0 Å². The highest BCUT2D eigenvalue weighted by atomic mass is 16.4. The quantitative estimate of drug-likeness (QED) is 0.743. The maximum atomic E-state index is 12.1. The van der Waals surface area contributed by atoms with E-state index in [1.807, 2.05) is 13.8 Å². The Morgan fingerprint density at radius 3 is 2.60 bits per heavy atom. The van der Waals surface area contributed by atoms with Crippen molar-refractivity contribution in [3.8, 4) is 0 Å². The van der Waals surface area contributed by atoms with Gasteiger partial charge in [0.2, 0.25) is 0 Å². The Kier molecular flexibility index (Phi) is 5.99. The molecule has 0 aliphatic rings. The second kappa shape index (κ2) is 7.49. The molecule has 0 saturated carbocycles. The fourth-order valence-electron chi connectivity index (χ4n) is 1.76. The molecule has 2 amide bonds. The van der Waals surface area contributed by atoms with Gasteiger partial charge in [-0.05, 0) is 38.5 Å². The predicted octanol–water partition coefficient (Wildman–Crippen LogP) is 2.01. The first-order chi connectivity index (χ1) is 9.45. The number of carbonyl (C=O) groups is 2. The highest BCUT2D eigenvalue weighted by Crippen LogP contribution is 2.12. The highest BCUT2D eigenvalue weighted by molar-refractivity contribution is 5.93. The minimum absolute atomic E-state index is 0.00999. The van der Waals surface area contributed by atoms with Crippen LogP contribution in [0.4, 0.5) is 10.5 Å². The van der Waals surface area contributed by atoms with Gasteiger partial charge in [0, 0.05) is 24.9 Å². The van der Waals surface area contributed by atoms with Crippen molar-refractivity contribution in [3.05, 3.63) is 29.8 Å². The van der Waals surface area contributed by atoms with Crippen LogP contribution in [0.15, 0.2) is 24.3 Å². The normalized spacial score (nSPS) is 10.4. The Hall–Kier alpha value is -2.08. The Bertz CT molecular complexity index is 474. The lowest BCUT2D eigenvalue weighted by atomic mass is 10.2. The molecule has 1 aromatic carbocycles. The summed E-state index contributed by atoms with van der Waals surface area (Å²) in [5.41, 5.74) is 0.554. The maximum Gasteiger partial charge on any atom is 0.335 e. The molecule has 0 heterocycles. The van der Waals surface area contributed by atoms with Crippen LogP contribution in [-0.2, 0) is 0 Å². The summed E-state index contributed by atoms with van der Waals surface area (Å²) in [5, 5.41) is 20.4. The summed E-state index contributed by atoms with van der Waals surface area (Å²) in [4.78, 5) is 24.6. The largest absolute Gasteiger partial charge is 0.478 e. The van der Waals surface area contributed by atoms with E-state index in [1.54, 1.807) is 17.0 Å². The van der Waals surface area contributed by atoms with Gasteiger partial charge >= 0.3 is 12.0 Å². The molecule has 0 spiro atoms. The van der Waals surface area contributed by atoms with Gasteiger partial charge in [0.1, 0.15) is 0 Å². The van der Waals surface area contributed by atoms with E-state index in [0.717, 1.165) is 0 Å². The van der Waals surface area contributed by atoms with Crippen LogP contribution in [-0.4, -0.2) is 46.3 Å². The Balaban J connectivity index is 2.77. The molecular formula is C14H20N2O4. The van der Waals surface area contributed by atoms with Gasteiger partial charge in [0.15, 0.2) is 0 Å². The van der Waals surface area contributed by atoms with E-state index in [4.69, 9.17) is 10.2 Å². The number of benzene rings is 1. The van der Waals surface area contributed by atoms with Crippen LogP contribution < -0.4 is 5.32 Å². The van der Waals surface area contributed by atoms with Gasteiger partial charge in [-0.3, -0.25) is 0 Å². The van der Waals surface area contributed by atoms with E-state index in [1.165, 1.54) is 12.1 Å². The highest BCUT2D eigenvalue weighted by Gasteiger charge is 2.16. The third-order valence-electron chi connectivity index (χ3n) is 2.80. The van der Waals surface area contributed by atoms with E-state index in [2.05, 4.69) is 5.32 Å². The van der Waals surface area contributed by atoms with Crippen LogP contribution in [0.3, 0.4) is 0 Å². The van der Waals surface area contributed by atoms with Crippen molar-refractivity contribution in [2.45, 2.75) is 26.3 Å². The molecule has 0 atom stereocenters. The number of rotatable bonds is 6. The van der Waals surface area contributed by atoms with Crippen molar-refractivity contribution < 1.29 is 19.8 Å². The molecule has 0 aliphatic heterocycles. The summed E-state index contributed by atoms with van der Waals surface area (Å²) >= 11 is 0. The number of carboxylic acid groups (broad SMARTS) is 1. The minimum Gasteiger partial charge on any atom is -0.478 e. The van der Waals surface area contributed by atoms with Gasteiger partial charge in [-0.2, -0.15) is 0 Å². The molecule has 0 radical (unpaired) electrons. The molecule has 0 fully saturated rings. The number of urea groups is 1. The fourth-order valence-corrected chi connectivity index (χ4v) is 1.76. The zero-order valence-corrected chi connectivity index (χ0v) is 11.7. The second-order valence-corrected chi connectivity index (χ2v) is 4.68. The number of carbonyl (C=O) groups excluding carboxylic acids is 1. The third kappa shape index (κ3) is 4.55. The number of hydrogen-bond donors (Lipinski definition) is 3. The molecule has 20 heavy (non-hydrogen) atoms. The van der Waals surface area contributed by atoms with Gasteiger partial charge in [-0.25, -0.2) is 9.59 Å². The molecule has 0 unspecified atom stereocenters. The first-order valence-electron chi connectivity index (χ1n) is 6.47.